The molecule has 0 radical (unpaired) electrons. The Morgan fingerprint density at radius 1 is 1.28 bits per heavy atom. The molecule has 0 spiro atoms. The number of carbonyl (C=O) groups excluding carboxylic acids is 1. The van der Waals surface area contributed by atoms with Gasteiger partial charge in [-0.3, -0.25) is 4.79 Å². The first-order valence-electron chi connectivity index (χ1n) is 6.51. The Bertz CT molecular complexity index is 400. The van der Waals surface area contributed by atoms with Crippen LogP contribution in [0.15, 0.2) is 24.3 Å². The summed E-state index contributed by atoms with van der Waals surface area (Å²) in [5.41, 5.74) is 2.82. The van der Waals surface area contributed by atoms with Gasteiger partial charge < -0.3 is 9.47 Å². The molecule has 0 amide bonds. The van der Waals surface area contributed by atoms with Gasteiger partial charge in [0.15, 0.2) is 0 Å². The molecule has 1 unspecified atom stereocenters. The van der Waals surface area contributed by atoms with Crippen LogP contribution in [0.2, 0.25) is 0 Å². The molecular formula is C15H20O3. The van der Waals surface area contributed by atoms with Crippen LogP contribution in [0.25, 0.3) is 0 Å². The summed E-state index contributed by atoms with van der Waals surface area (Å²) in [5, 5.41) is 0. The summed E-state index contributed by atoms with van der Waals surface area (Å²) in [6, 6.07) is 8.50. The van der Waals surface area contributed by atoms with Crippen LogP contribution in [0.4, 0.5) is 0 Å². The highest BCUT2D eigenvalue weighted by molar-refractivity contribution is 5.69. The molecule has 0 aliphatic heterocycles. The molecular weight excluding hydrogens is 228 g/mol. The molecule has 0 heterocycles. The molecule has 0 bridgehead atoms. The van der Waals surface area contributed by atoms with Gasteiger partial charge >= 0.3 is 5.97 Å². The van der Waals surface area contributed by atoms with E-state index in [1.807, 2.05) is 0 Å². The number of carbonyl (C=O) groups is 1. The van der Waals surface area contributed by atoms with Crippen LogP contribution in [-0.2, 0) is 27.1 Å². The van der Waals surface area contributed by atoms with E-state index in [4.69, 9.17) is 9.47 Å². The van der Waals surface area contributed by atoms with E-state index < -0.39 is 0 Å². The lowest BCUT2D eigenvalue weighted by molar-refractivity contribution is -0.146. The second-order valence-corrected chi connectivity index (χ2v) is 4.79. The van der Waals surface area contributed by atoms with Crippen LogP contribution in [0.5, 0.6) is 0 Å². The molecule has 0 saturated carbocycles. The molecule has 3 nitrogen and oxygen atoms in total. The van der Waals surface area contributed by atoms with E-state index in [2.05, 4.69) is 24.3 Å². The first kappa shape index (κ1) is 13.1. The number of ether oxygens (including phenoxy) is 2. The maximum Gasteiger partial charge on any atom is 0.306 e. The zero-order valence-electron chi connectivity index (χ0n) is 10.9. The number of rotatable bonds is 5. The summed E-state index contributed by atoms with van der Waals surface area (Å²) in [7, 11) is 1.60. The fraction of sp³-hybridized carbons (Fsp3) is 0.533. The number of aryl methyl sites for hydroxylation is 1. The van der Waals surface area contributed by atoms with E-state index in [9.17, 15) is 4.79 Å². The van der Waals surface area contributed by atoms with Gasteiger partial charge in [-0.15, -0.1) is 0 Å². The number of fused-ring (bicyclic) bond motifs is 1. The van der Waals surface area contributed by atoms with Crippen LogP contribution in [0.1, 0.15) is 24.0 Å². The minimum absolute atomic E-state index is 0.101. The molecule has 1 aromatic carbocycles. The highest BCUT2D eigenvalue weighted by Gasteiger charge is 2.21. The van der Waals surface area contributed by atoms with Crippen molar-refractivity contribution >= 4 is 5.97 Å². The number of benzene rings is 1. The quantitative estimate of drug-likeness (QED) is 0.593. The van der Waals surface area contributed by atoms with Crippen molar-refractivity contribution in [2.45, 2.75) is 25.7 Å². The minimum atomic E-state index is -0.101. The number of hydrogen-bond donors (Lipinski definition) is 0. The number of esters is 1. The average molecular weight is 248 g/mol. The monoisotopic (exact) mass is 248 g/mol. The Morgan fingerprint density at radius 3 is 2.83 bits per heavy atom. The van der Waals surface area contributed by atoms with Gasteiger partial charge in [0.05, 0.1) is 6.61 Å². The maximum absolute atomic E-state index is 11.6. The summed E-state index contributed by atoms with van der Waals surface area (Å²) >= 11 is 0. The van der Waals surface area contributed by atoms with Gasteiger partial charge in [-0.05, 0) is 36.3 Å². The molecule has 2 rings (SSSR count). The highest BCUT2D eigenvalue weighted by Crippen LogP contribution is 2.27. The van der Waals surface area contributed by atoms with Gasteiger partial charge in [0.1, 0.15) is 6.61 Å². The Hall–Kier alpha value is -1.35. The van der Waals surface area contributed by atoms with Gasteiger partial charge in [-0.2, -0.15) is 0 Å². The lowest BCUT2D eigenvalue weighted by Crippen LogP contribution is -2.19. The summed E-state index contributed by atoms with van der Waals surface area (Å²) in [6.45, 7) is 0.831. The molecule has 3 heteroatoms. The van der Waals surface area contributed by atoms with E-state index in [1.165, 1.54) is 11.1 Å². The lowest BCUT2D eigenvalue weighted by Gasteiger charge is -2.23. The van der Waals surface area contributed by atoms with E-state index in [1.54, 1.807) is 7.11 Å². The van der Waals surface area contributed by atoms with E-state index >= 15 is 0 Å². The van der Waals surface area contributed by atoms with Gasteiger partial charge in [0.25, 0.3) is 0 Å². The zero-order chi connectivity index (χ0) is 12.8. The predicted molar refractivity (Wildman–Crippen MR) is 69.4 cm³/mol. The van der Waals surface area contributed by atoms with Crippen molar-refractivity contribution in [3.63, 3.8) is 0 Å². The van der Waals surface area contributed by atoms with Crippen molar-refractivity contribution in [2.24, 2.45) is 5.92 Å². The summed E-state index contributed by atoms with van der Waals surface area (Å²) < 4.78 is 9.96. The van der Waals surface area contributed by atoms with Crippen molar-refractivity contribution in [1.29, 1.82) is 0 Å². The van der Waals surface area contributed by atoms with Crippen molar-refractivity contribution in [1.82, 2.24) is 0 Å². The Morgan fingerprint density at radius 2 is 2.06 bits per heavy atom. The summed E-state index contributed by atoms with van der Waals surface area (Å²) in [5.74, 6) is 0.325. The smallest absolute Gasteiger partial charge is 0.306 e. The van der Waals surface area contributed by atoms with Crippen molar-refractivity contribution in [3.8, 4) is 0 Å². The van der Waals surface area contributed by atoms with Crippen molar-refractivity contribution in [2.75, 3.05) is 20.3 Å². The second-order valence-electron chi connectivity index (χ2n) is 4.79. The van der Waals surface area contributed by atoms with Gasteiger partial charge in [0.2, 0.25) is 0 Å². The van der Waals surface area contributed by atoms with Crippen LogP contribution in [-0.4, -0.2) is 26.3 Å². The number of hydrogen-bond acceptors (Lipinski definition) is 3. The minimum Gasteiger partial charge on any atom is -0.463 e. The lowest BCUT2D eigenvalue weighted by atomic mass is 9.82. The maximum atomic E-state index is 11.6. The molecule has 98 valence electrons. The standard InChI is InChI=1S/C15H20O3/c1-17-8-9-18-15(16)11-12-6-7-13-4-2-3-5-14(13)10-12/h2-5,12H,6-11H2,1H3. The normalized spacial score (nSPS) is 18.2. The van der Waals surface area contributed by atoms with E-state index in [0.717, 1.165) is 19.3 Å². The van der Waals surface area contributed by atoms with E-state index in [0.29, 0.717) is 25.6 Å². The second kappa shape index (κ2) is 6.55. The largest absolute Gasteiger partial charge is 0.463 e. The topological polar surface area (TPSA) is 35.5 Å². The molecule has 1 aliphatic carbocycles. The van der Waals surface area contributed by atoms with Crippen LogP contribution in [0.3, 0.4) is 0 Å². The first-order valence-corrected chi connectivity index (χ1v) is 6.51. The average Bonchev–Trinajstić information content (AvgIpc) is 2.39. The van der Waals surface area contributed by atoms with Crippen LogP contribution < -0.4 is 0 Å². The fourth-order valence-electron chi connectivity index (χ4n) is 2.48. The molecule has 0 N–H and O–H groups in total. The third-order valence-electron chi connectivity index (χ3n) is 3.45. The number of methoxy groups -OCH3 is 1. The fourth-order valence-corrected chi connectivity index (χ4v) is 2.48. The molecule has 0 aromatic heterocycles. The zero-order valence-corrected chi connectivity index (χ0v) is 10.9. The molecule has 0 fully saturated rings. The van der Waals surface area contributed by atoms with E-state index in [-0.39, 0.29) is 5.97 Å². The Balaban J connectivity index is 1.80. The van der Waals surface area contributed by atoms with Crippen molar-refractivity contribution < 1.29 is 14.3 Å². The molecule has 18 heavy (non-hydrogen) atoms. The first-order chi connectivity index (χ1) is 8.79. The SMILES string of the molecule is COCCOC(=O)CC1CCc2ccccc2C1. The summed E-state index contributed by atoms with van der Waals surface area (Å²) in [4.78, 5) is 11.6. The molecule has 0 saturated heterocycles. The van der Waals surface area contributed by atoms with Crippen molar-refractivity contribution in [3.05, 3.63) is 35.4 Å². The van der Waals surface area contributed by atoms with Gasteiger partial charge in [-0.25, -0.2) is 0 Å². The van der Waals surface area contributed by atoms with Crippen LogP contribution in [0, 0.1) is 5.92 Å². The molecule has 1 atom stereocenters. The van der Waals surface area contributed by atoms with Gasteiger partial charge in [-0.1, -0.05) is 24.3 Å². The Kier molecular flexibility index (Phi) is 4.76. The Labute approximate surface area is 108 Å². The summed E-state index contributed by atoms with van der Waals surface area (Å²) in [6.07, 6.45) is 3.68. The van der Waals surface area contributed by atoms with Crippen LogP contribution >= 0.6 is 0 Å². The molecule has 1 aromatic rings. The molecule has 1 aliphatic rings. The third-order valence-corrected chi connectivity index (χ3v) is 3.45. The van der Waals surface area contributed by atoms with Gasteiger partial charge in [0, 0.05) is 13.5 Å². The highest BCUT2D eigenvalue weighted by atomic mass is 16.6. The third kappa shape index (κ3) is 3.57. The predicted octanol–water partition coefficient (Wildman–Crippen LogP) is 2.37.